The van der Waals surface area contributed by atoms with Gasteiger partial charge in [-0.05, 0) is 57.0 Å². The maximum atomic E-state index is 13.0. The summed E-state index contributed by atoms with van der Waals surface area (Å²) in [6.07, 6.45) is 4.83. The quantitative estimate of drug-likeness (QED) is 0.686. The van der Waals surface area contributed by atoms with Gasteiger partial charge in [0, 0.05) is 17.8 Å². The number of aromatic nitrogens is 3. The summed E-state index contributed by atoms with van der Waals surface area (Å²) >= 11 is 1.48. The number of amides is 1. The highest BCUT2D eigenvalue weighted by molar-refractivity contribution is 7.13. The Morgan fingerprint density at radius 3 is 2.71 bits per heavy atom. The molecule has 3 aromatic rings. The molecule has 1 amide bonds. The normalized spacial score (nSPS) is 17.1. The molecule has 5 rings (SSSR count). The van der Waals surface area contributed by atoms with E-state index in [1.165, 1.54) is 24.2 Å². The molecule has 3 heterocycles. The van der Waals surface area contributed by atoms with Gasteiger partial charge >= 0.3 is 0 Å². The van der Waals surface area contributed by atoms with Gasteiger partial charge in [0.05, 0.1) is 17.1 Å². The first kappa shape index (κ1) is 17.6. The fourth-order valence-corrected chi connectivity index (χ4v) is 4.37. The summed E-state index contributed by atoms with van der Waals surface area (Å²) in [5.74, 6) is 0.328. The van der Waals surface area contributed by atoms with Crippen molar-refractivity contribution in [3.05, 3.63) is 58.9 Å². The van der Waals surface area contributed by atoms with Crippen LogP contribution < -0.4 is 5.32 Å². The van der Waals surface area contributed by atoms with Crippen LogP contribution in [0.15, 0.2) is 41.8 Å². The molecule has 2 aliphatic rings. The number of nitrogens with one attached hydrogen (secondary N) is 1. The topological polar surface area (TPSA) is 63.1 Å². The van der Waals surface area contributed by atoms with Crippen LogP contribution in [-0.2, 0) is 6.54 Å². The number of hydrogen-bond donors (Lipinski definition) is 1. The first-order valence-electron chi connectivity index (χ1n) is 9.90. The molecule has 0 bridgehead atoms. The maximum Gasteiger partial charge on any atom is 0.276 e. The van der Waals surface area contributed by atoms with Crippen molar-refractivity contribution in [3.8, 4) is 5.69 Å². The van der Waals surface area contributed by atoms with Gasteiger partial charge in [-0.2, -0.15) is 5.10 Å². The highest BCUT2D eigenvalue weighted by Crippen LogP contribution is 2.39. The molecule has 6 nitrogen and oxygen atoms in total. The first-order chi connectivity index (χ1) is 13.8. The third-order valence-electron chi connectivity index (χ3n) is 5.31. The van der Waals surface area contributed by atoms with Gasteiger partial charge in [-0.15, -0.1) is 11.3 Å². The van der Waals surface area contributed by atoms with E-state index in [1.54, 1.807) is 4.68 Å². The van der Waals surface area contributed by atoms with Crippen LogP contribution >= 0.6 is 11.3 Å². The van der Waals surface area contributed by atoms with Crippen LogP contribution in [0, 0.1) is 0 Å². The van der Waals surface area contributed by atoms with E-state index < -0.39 is 0 Å². The molecule has 1 saturated carbocycles. The fourth-order valence-electron chi connectivity index (χ4n) is 3.67. The van der Waals surface area contributed by atoms with Crippen molar-refractivity contribution in [2.24, 2.45) is 0 Å². The third-order valence-corrected chi connectivity index (χ3v) is 6.12. The highest BCUT2D eigenvalue weighted by Gasteiger charge is 2.29. The molecular weight excluding hydrogens is 370 g/mol. The molecule has 7 heteroatoms. The van der Waals surface area contributed by atoms with Crippen LogP contribution in [0.3, 0.4) is 0 Å². The molecule has 0 radical (unpaired) electrons. The number of benzene rings is 1. The molecule has 2 fully saturated rings. The number of carbonyl (C=O) groups is 1. The lowest BCUT2D eigenvalue weighted by atomic mass is 10.2. The summed E-state index contributed by atoms with van der Waals surface area (Å²) < 4.78 is 1.75. The molecule has 28 heavy (non-hydrogen) atoms. The Kier molecular flexibility index (Phi) is 4.70. The number of rotatable bonds is 6. The van der Waals surface area contributed by atoms with Crippen LogP contribution in [0.4, 0.5) is 5.13 Å². The number of anilines is 1. The van der Waals surface area contributed by atoms with Gasteiger partial charge in [0.1, 0.15) is 5.69 Å². The predicted octanol–water partition coefficient (Wildman–Crippen LogP) is 4.05. The second kappa shape index (κ2) is 7.48. The maximum absolute atomic E-state index is 13.0. The minimum Gasteiger partial charge on any atom is -0.297 e. The Labute approximate surface area is 168 Å². The van der Waals surface area contributed by atoms with E-state index in [9.17, 15) is 4.79 Å². The summed E-state index contributed by atoms with van der Waals surface area (Å²) in [4.78, 5) is 20.0. The molecule has 144 valence electrons. The van der Waals surface area contributed by atoms with Gasteiger partial charge in [0.15, 0.2) is 5.13 Å². The molecular formula is C21H23N5OS. The average Bonchev–Trinajstić information content (AvgIpc) is 3.11. The first-order valence-corrected chi connectivity index (χ1v) is 10.8. The molecule has 0 spiro atoms. The van der Waals surface area contributed by atoms with Crippen LogP contribution in [0.5, 0.6) is 0 Å². The van der Waals surface area contributed by atoms with Crippen molar-refractivity contribution in [2.45, 2.75) is 38.1 Å². The lowest BCUT2D eigenvalue weighted by Gasteiger charge is -2.11. The van der Waals surface area contributed by atoms with Crippen LogP contribution in [0.1, 0.15) is 53.5 Å². The van der Waals surface area contributed by atoms with Crippen molar-refractivity contribution in [1.82, 2.24) is 19.7 Å². The Morgan fingerprint density at radius 1 is 1.18 bits per heavy atom. The van der Waals surface area contributed by atoms with Crippen molar-refractivity contribution in [1.29, 1.82) is 0 Å². The smallest absolute Gasteiger partial charge is 0.276 e. The van der Waals surface area contributed by atoms with E-state index in [0.717, 1.165) is 49.6 Å². The standard InChI is InChI=1S/C21H23N5OS/c27-20(23-21-22-16(14-28-21)13-25-10-4-5-11-25)19-12-18(15-8-9-15)24-26(19)17-6-2-1-3-7-17/h1-3,6-7,12,14-15H,4-5,8-11,13H2,(H,22,23,27). The molecule has 2 aromatic heterocycles. The molecule has 1 N–H and O–H groups in total. The van der Waals surface area contributed by atoms with Crippen LogP contribution in [-0.4, -0.2) is 38.7 Å². The van der Waals surface area contributed by atoms with Crippen LogP contribution in [0.2, 0.25) is 0 Å². The summed E-state index contributed by atoms with van der Waals surface area (Å²) in [6.45, 7) is 3.14. The Bertz CT molecular complexity index is 970. The summed E-state index contributed by atoms with van der Waals surface area (Å²) in [5, 5.41) is 10.4. The molecule has 0 atom stereocenters. The second-order valence-corrected chi connectivity index (χ2v) is 8.42. The number of nitrogens with zero attached hydrogens (tertiary/aromatic N) is 4. The van der Waals surface area contributed by atoms with Gasteiger partial charge in [-0.25, -0.2) is 9.67 Å². The monoisotopic (exact) mass is 393 g/mol. The Morgan fingerprint density at radius 2 is 1.96 bits per heavy atom. The van der Waals surface area contributed by atoms with E-state index in [-0.39, 0.29) is 5.91 Å². The number of para-hydroxylation sites is 1. The van der Waals surface area contributed by atoms with E-state index in [4.69, 9.17) is 5.10 Å². The van der Waals surface area contributed by atoms with E-state index in [2.05, 4.69) is 15.2 Å². The third kappa shape index (κ3) is 3.72. The van der Waals surface area contributed by atoms with Gasteiger partial charge in [0.25, 0.3) is 5.91 Å². The summed E-state index contributed by atoms with van der Waals surface area (Å²) in [7, 11) is 0. The molecule has 1 aliphatic heterocycles. The van der Waals surface area contributed by atoms with Gasteiger partial charge < -0.3 is 0 Å². The molecule has 1 aliphatic carbocycles. The van der Waals surface area contributed by atoms with Gasteiger partial charge in [0.2, 0.25) is 0 Å². The lowest BCUT2D eigenvalue weighted by molar-refractivity contribution is 0.101. The zero-order chi connectivity index (χ0) is 18.9. The minimum absolute atomic E-state index is 0.162. The van der Waals surface area contributed by atoms with Crippen molar-refractivity contribution >= 4 is 22.4 Å². The van der Waals surface area contributed by atoms with Crippen LogP contribution in [0.25, 0.3) is 5.69 Å². The van der Waals surface area contributed by atoms with Crippen molar-refractivity contribution < 1.29 is 4.79 Å². The van der Waals surface area contributed by atoms with E-state index >= 15 is 0 Å². The average molecular weight is 394 g/mol. The second-order valence-electron chi connectivity index (χ2n) is 7.56. The summed E-state index contributed by atoms with van der Waals surface area (Å²) in [5.41, 5.74) is 3.48. The SMILES string of the molecule is O=C(Nc1nc(CN2CCCC2)cs1)c1cc(C2CC2)nn1-c1ccccc1. The zero-order valence-electron chi connectivity index (χ0n) is 15.7. The minimum atomic E-state index is -0.162. The number of thiazole rings is 1. The number of likely N-dealkylation sites (tertiary alicyclic amines) is 1. The Balaban J connectivity index is 1.35. The number of carbonyl (C=O) groups excluding carboxylic acids is 1. The highest BCUT2D eigenvalue weighted by atomic mass is 32.1. The van der Waals surface area contributed by atoms with E-state index in [0.29, 0.717) is 16.7 Å². The fraction of sp³-hybridized carbons (Fsp3) is 0.381. The van der Waals surface area contributed by atoms with Crippen molar-refractivity contribution in [2.75, 3.05) is 18.4 Å². The lowest BCUT2D eigenvalue weighted by Crippen LogP contribution is -2.19. The molecule has 1 aromatic carbocycles. The summed E-state index contributed by atoms with van der Waals surface area (Å²) in [6, 6.07) is 11.8. The zero-order valence-corrected chi connectivity index (χ0v) is 16.5. The van der Waals surface area contributed by atoms with E-state index in [1.807, 2.05) is 41.8 Å². The molecule has 1 saturated heterocycles. The van der Waals surface area contributed by atoms with Gasteiger partial charge in [-0.1, -0.05) is 18.2 Å². The van der Waals surface area contributed by atoms with Gasteiger partial charge in [-0.3, -0.25) is 15.0 Å². The number of hydrogen-bond acceptors (Lipinski definition) is 5. The Hall–Kier alpha value is -2.51. The molecule has 0 unspecified atom stereocenters. The van der Waals surface area contributed by atoms with Crippen molar-refractivity contribution in [3.63, 3.8) is 0 Å². The predicted molar refractivity (Wildman–Crippen MR) is 110 cm³/mol. The largest absolute Gasteiger partial charge is 0.297 e.